The molecule has 1 aliphatic heterocycles. The maximum Gasteiger partial charge on any atom is 0.139 e. The summed E-state index contributed by atoms with van der Waals surface area (Å²) in [5, 5.41) is 3.22. The lowest BCUT2D eigenvalue weighted by molar-refractivity contribution is -0.0288. The highest BCUT2D eigenvalue weighted by Crippen LogP contribution is 2.37. The minimum atomic E-state index is -1.14. The quantitative estimate of drug-likeness (QED) is 0.906. The Labute approximate surface area is 126 Å². The number of nitrogens with one attached hydrogen (secondary N) is 1. The van der Waals surface area contributed by atoms with Gasteiger partial charge in [-0.2, -0.15) is 0 Å². The molecule has 116 valence electrons. The van der Waals surface area contributed by atoms with E-state index in [-0.39, 0.29) is 0 Å². The molecule has 1 saturated heterocycles. The minimum absolute atomic E-state index is 0.434. The number of rotatable bonds is 5. The summed E-state index contributed by atoms with van der Waals surface area (Å²) in [4.78, 5) is 10.7. The highest BCUT2D eigenvalue weighted by atomic mass is 19.1. The number of anilines is 1. The molecule has 1 aromatic rings. The van der Waals surface area contributed by atoms with Gasteiger partial charge in [0.2, 0.25) is 0 Å². The molecule has 5 heteroatoms. The summed E-state index contributed by atoms with van der Waals surface area (Å²) in [5.74, 6) is 0.893. The first-order valence-electron chi connectivity index (χ1n) is 7.40. The Morgan fingerprint density at radius 1 is 1.43 bits per heavy atom. The molecule has 0 aliphatic carbocycles. The zero-order valence-electron chi connectivity index (χ0n) is 13.6. The van der Waals surface area contributed by atoms with Gasteiger partial charge in [0.25, 0.3) is 0 Å². The summed E-state index contributed by atoms with van der Waals surface area (Å²) in [6.07, 6.45) is 6.31. The SMILES string of the molecule is C/C=C\c1c(C)ncnc1N(C)CCC1(C)NCC1(C)F. The molecule has 1 aromatic heterocycles. The minimum Gasteiger partial charge on any atom is -0.359 e. The standard InChI is InChI=1S/C16H25FN4/c1-6-7-13-12(2)18-11-19-14(13)21(5)9-8-16(4)15(3,17)10-20-16/h6-7,11,20H,8-10H2,1-5H3/b7-6-. The monoisotopic (exact) mass is 292 g/mol. The van der Waals surface area contributed by atoms with Crippen LogP contribution in [0.25, 0.3) is 6.08 Å². The Balaban J connectivity index is 2.11. The van der Waals surface area contributed by atoms with E-state index in [9.17, 15) is 4.39 Å². The van der Waals surface area contributed by atoms with Crippen LogP contribution in [0.15, 0.2) is 12.4 Å². The second-order valence-corrected chi connectivity index (χ2v) is 6.25. The molecule has 0 saturated carbocycles. The van der Waals surface area contributed by atoms with E-state index >= 15 is 0 Å². The van der Waals surface area contributed by atoms with E-state index in [0.29, 0.717) is 6.54 Å². The first-order valence-corrected chi connectivity index (χ1v) is 7.40. The van der Waals surface area contributed by atoms with Crippen molar-refractivity contribution >= 4 is 11.9 Å². The summed E-state index contributed by atoms with van der Waals surface area (Å²) in [5.41, 5.74) is 0.386. The normalized spacial score (nSPS) is 28.7. The first kappa shape index (κ1) is 15.9. The lowest BCUT2D eigenvalue weighted by Crippen LogP contribution is -2.73. The van der Waals surface area contributed by atoms with Crippen molar-refractivity contribution < 1.29 is 4.39 Å². The topological polar surface area (TPSA) is 41.1 Å². The third-order valence-corrected chi connectivity index (χ3v) is 4.67. The average molecular weight is 292 g/mol. The van der Waals surface area contributed by atoms with Gasteiger partial charge in [-0.1, -0.05) is 12.2 Å². The smallest absolute Gasteiger partial charge is 0.139 e. The molecule has 2 unspecified atom stereocenters. The molecule has 2 atom stereocenters. The van der Waals surface area contributed by atoms with Crippen LogP contribution in [0.1, 0.15) is 38.4 Å². The predicted molar refractivity (Wildman–Crippen MR) is 85.3 cm³/mol. The van der Waals surface area contributed by atoms with E-state index in [0.717, 1.165) is 30.0 Å². The lowest BCUT2D eigenvalue weighted by Gasteiger charge is -2.52. The Hall–Kier alpha value is -1.49. The van der Waals surface area contributed by atoms with Gasteiger partial charge in [0.15, 0.2) is 0 Å². The molecule has 1 fully saturated rings. The van der Waals surface area contributed by atoms with Crippen molar-refractivity contribution in [2.24, 2.45) is 0 Å². The highest BCUT2D eigenvalue weighted by molar-refractivity contribution is 5.65. The van der Waals surface area contributed by atoms with Gasteiger partial charge >= 0.3 is 0 Å². The molecule has 0 spiro atoms. The van der Waals surface area contributed by atoms with Crippen LogP contribution in [-0.4, -0.2) is 41.3 Å². The lowest BCUT2D eigenvalue weighted by atomic mass is 9.74. The number of hydrogen-bond acceptors (Lipinski definition) is 4. The van der Waals surface area contributed by atoms with E-state index in [4.69, 9.17) is 0 Å². The zero-order chi connectivity index (χ0) is 15.7. The van der Waals surface area contributed by atoms with Gasteiger partial charge < -0.3 is 10.2 Å². The van der Waals surface area contributed by atoms with Crippen LogP contribution in [0, 0.1) is 6.92 Å². The molecule has 21 heavy (non-hydrogen) atoms. The number of aryl methyl sites for hydroxylation is 1. The summed E-state index contributed by atoms with van der Waals surface area (Å²) in [6, 6.07) is 0. The van der Waals surface area contributed by atoms with Crippen molar-refractivity contribution in [2.75, 3.05) is 25.0 Å². The molecular formula is C16H25FN4. The average Bonchev–Trinajstić information content (AvgIpc) is 2.45. The van der Waals surface area contributed by atoms with Gasteiger partial charge in [0.05, 0.1) is 11.2 Å². The van der Waals surface area contributed by atoms with E-state index in [1.54, 1.807) is 13.3 Å². The van der Waals surface area contributed by atoms with E-state index < -0.39 is 11.2 Å². The Morgan fingerprint density at radius 2 is 2.14 bits per heavy atom. The molecule has 0 bridgehead atoms. The molecule has 4 nitrogen and oxygen atoms in total. The number of hydrogen-bond donors (Lipinski definition) is 1. The zero-order valence-corrected chi connectivity index (χ0v) is 13.6. The second-order valence-electron chi connectivity index (χ2n) is 6.25. The molecular weight excluding hydrogens is 267 g/mol. The van der Waals surface area contributed by atoms with Crippen LogP contribution in [0.4, 0.5) is 10.2 Å². The molecule has 0 radical (unpaired) electrons. The Kier molecular flexibility index (Phi) is 4.33. The molecule has 2 heterocycles. The van der Waals surface area contributed by atoms with E-state index in [1.807, 2.05) is 40.0 Å². The van der Waals surface area contributed by atoms with Crippen LogP contribution >= 0.6 is 0 Å². The van der Waals surface area contributed by atoms with Crippen molar-refractivity contribution in [1.29, 1.82) is 0 Å². The summed E-state index contributed by atoms with van der Waals surface area (Å²) < 4.78 is 14.3. The van der Waals surface area contributed by atoms with Gasteiger partial charge in [-0.3, -0.25) is 0 Å². The summed E-state index contributed by atoms with van der Waals surface area (Å²) in [6.45, 7) is 8.74. The molecule has 1 N–H and O–H groups in total. The fraction of sp³-hybridized carbons (Fsp3) is 0.625. The van der Waals surface area contributed by atoms with Crippen molar-refractivity contribution in [1.82, 2.24) is 15.3 Å². The van der Waals surface area contributed by atoms with Crippen LogP contribution in [0.2, 0.25) is 0 Å². The number of halogens is 1. The van der Waals surface area contributed by atoms with Gasteiger partial charge in [0, 0.05) is 25.7 Å². The fourth-order valence-corrected chi connectivity index (χ4v) is 2.62. The van der Waals surface area contributed by atoms with Gasteiger partial charge in [-0.15, -0.1) is 0 Å². The second kappa shape index (κ2) is 5.72. The number of alkyl halides is 1. The molecule has 0 aromatic carbocycles. The predicted octanol–water partition coefficient (Wildman–Crippen LogP) is 2.73. The summed E-state index contributed by atoms with van der Waals surface area (Å²) >= 11 is 0. The Morgan fingerprint density at radius 3 is 2.67 bits per heavy atom. The molecule has 1 aliphatic rings. The largest absolute Gasteiger partial charge is 0.359 e. The van der Waals surface area contributed by atoms with Crippen LogP contribution < -0.4 is 10.2 Å². The molecule has 2 rings (SSSR count). The first-order chi connectivity index (χ1) is 9.81. The highest BCUT2D eigenvalue weighted by Gasteiger charge is 2.53. The summed E-state index contributed by atoms with van der Waals surface area (Å²) in [7, 11) is 1.99. The number of allylic oxidation sites excluding steroid dienone is 1. The molecule has 0 amide bonds. The third-order valence-electron chi connectivity index (χ3n) is 4.67. The number of nitrogens with zero attached hydrogens (tertiary/aromatic N) is 3. The van der Waals surface area contributed by atoms with Crippen LogP contribution in [0.5, 0.6) is 0 Å². The van der Waals surface area contributed by atoms with Crippen LogP contribution in [0.3, 0.4) is 0 Å². The van der Waals surface area contributed by atoms with Crippen molar-refractivity contribution in [3.63, 3.8) is 0 Å². The maximum absolute atomic E-state index is 14.3. The van der Waals surface area contributed by atoms with Crippen molar-refractivity contribution in [2.45, 2.75) is 45.3 Å². The van der Waals surface area contributed by atoms with E-state index in [2.05, 4.69) is 20.2 Å². The van der Waals surface area contributed by atoms with Gasteiger partial charge in [0.1, 0.15) is 17.8 Å². The van der Waals surface area contributed by atoms with Crippen LogP contribution in [-0.2, 0) is 0 Å². The fourth-order valence-electron chi connectivity index (χ4n) is 2.62. The van der Waals surface area contributed by atoms with Gasteiger partial charge in [-0.25, -0.2) is 14.4 Å². The van der Waals surface area contributed by atoms with Crippen molar-refractivity contribution in [3.8, 4) is 0 Å². The van der Waals surface area contributed by atoms with Gasteiger partial charge in [-0.05, 0) is 34.1 Å². The number of aromatic nitrogens is 2. The van der Waals surface area contributed by atoms with E-state index in [1.165, 1.54) is 0 Å². The third kappa shape index (κ3) is 2.93. The Bertz CT molecular complexity index is 541. The maximum atomic E-state index is 14.3. The van der Waals surface area contributed by atoms with Crippen molar-refractivity contribution in [3.05, 3.63) is 23.7 Å².